The molecule has 0 aliphatic rings. The fraction of sp³-hybridized carbons (Fsp3) is 0. The quantitative estimate of drug-likeness (QED) is 0.671. The van der Waals surface area contributed by atoms with Crippen molar-refractivity contribution >= 4 is 23.8 Å². The lowest BCUT2D eigenvalue weighted by atomic mass is 10.2. The van der Waals surface area contributed by atoms with Crippen LogP contribution in [-0.4, -0.2) is 0 Å². The minimum atomic E-state index is -0.574. The molecule has 0 aromatic heterocycles. The van der Waals surface area contributed by atoms with E-state index in [4.69, 9.17) is 11.6 Å². The molecular weight excluding hydrogens is 266 g/mol. The molecule has 0 heterocycles. The maximum atomic E-state index is 12.5. The van der Waals surface area contributed by atoms with E-state index >= 15 is 0 Å². The van der Waals surface area contributed by atoms with Gasteiger partial charge in [-0.15, -0.1) is 0 Å². The summed E-state index contributed by atoms with van der Waals surface area (Å²) in [5, 5.41) is 0.757. The first-order valence-corrected chi connectivity index (χ1v) is 5.90. The highest BCUT2D eigenvalue weighted by atomic mass is 35.5. The zero-order valence-electron chi connectivity index (χ0n) is 10.2. The molecule has 0 radical (unpaired) electrons. The summed E-state index contributed by atoms with van der Waals surface area (Å²) >= 11 is 5.75. The summed E-state index contributed by atoms with van der Waals surface area (Å²) in [7, 11) is 0. The van der Waals surface area contributed by atoms with Crippen LogP contribution in [0, 0.1) is 11.6 Å². The van der Waals surface area contributed by atoms with Gasteiger partial charge in [0.1, 0.15) is 11.6 Å². The Morgan fingerprint density at radius 2 is 1.53 bits per heavy atom. The van der Waals surface area contributed by atoms with Crippen LogP contribution in [0.25, 0.3) is 12.2 Å². The van der Waals surface area contributed by atoms with Crippen molar-refractivity contribution in [2.75, 3.05) is 0 Å². The Bertz CT molecular complexity index is 577. The standard InChI is InChI=1S/C8H7Cl.C8H6F2/c1-2-7-5-3-4-6-8(7)9;1-2-6-3-4-7(9)5-8(6)10/h2-6H,1H2;2-5H,1H2. The van der Waals surface area contributed by atoms with Crippen LogP contribution in [-0.2, 0) is 0 Å². The van der Waals surface area contributed by atoms with Gasteiger partial charge in [0.25, 0.3) is 0 Å². The lowest BCUT2D eigenvalue weighted by molar-refractivity contribution is 0.581. The van der Waals surface area contributed by atoms with Crippen molar-refractivity contribution in [3.8, 4) is 0 Å². The van der Waals surface area contributed by atoms with Crippen LogP contribution < -0.4 is 0 Å². The predicted molar refractivity (Wildman–Crippen MR) is 78.0 cm³/mol. The fourth-order valence-corrected chi connectivity index (χ4v) is 1.52. The molecule has 0 N–H and O–H groups in total. The van der Waals surface area contributed by atoms with Gasteiger partial charge in [0.05, 0.1) is 0 Å². The molecule has 0 nitrogen and oxygen atoms in total. The molecule has 0 bridgehead atoms. The zero-order chi connectivity index (χ0) is 14.3. The number of hydrogen-bond acceptors (Lipinski definition) is 0. The summed E-state index contributed by atoms with van der Waals surface area (Å²) in [6, 6.07) is 11.0. The Morgan fingerprint density at radius 3 is 2.00 bits per heavy atom. The van der Waals surface area contributed by atoms with Gasteiger partial charge in [-0.05, 0) is 23.8 Å². The van der Waals surface area contributed by atoms with Crippen LogP contribution in [0.15, 0.2) is 55.6 Å². The number of benzene rings is 2. The summed E-state index contributed by atoms with van der Waals surface area (Å²) in [6.45, 7) is 6.97. The Morgan fingerprint density at radius 1 is 0.895 bits per heavy atom. The number of hydrogen-bond donors (Lipinski definition) is 0. The van der Waals surface area contributed by atoms with E-state index in [0.717, 1.165) is 16.7 Å². The maximum Gasteiger partial charge on any atom is 0.133 e. The SMILES string of the molecule is C=Cc1ccc(F)cc1F.C=Cc1ccccc1Cl. The summed E-state index contributed by atoms with van der Waals surface area (Å²) in [5.74, 6) is -1.14. The van der Waals surface area contributed by atoms with Gasteiger partial charge in [-0.25, -0.2) is 8.78 Å². The highest BCUT2D eigenvalue weighted by molar-refractivity contribution is 6.32. The van der Waals surface area contributed by atoms with E-state index in [-0.39, 0.29) is 0 Å². The molecule has 0 saturated carbocycles. The second-order valence-electron chi connectivity index (χ2n) is 3.60. The van der Waals surface area contributed by atoms with Crippen LogP contribution in [0.4, 0.5) is 8.78 Å². The fourth-order valence-electron chi connectivity index (χ4n) is 1.31. The average Bonchev–Trinajstić information content (AvgIpc) is 2.40. The molecular formula is C16H13ClF2. The van der Waals surface area contributed by atoms with Gasteiger partial charge in [0, 0.05) is 16.7 Å². The van der Waals surface area contributed by atoms with Crippen LogP contribution in [0.5, 0.6) is 0 Å². The van der Waals surface area contributed by atoms with Crippen molar-refractivity contribution in [1.82, 2.24) is 0 Å². The van der Waals surface area contributed by atoms with Gasteiger partial charge in [0.15, 0.2) is 0 Å². The van der Waals surface area contributed by atoms with Gasteiger partial charge in [0.2, 0.25) is 0 Å². The van der Waals surface area contributed by atoms with Crippen molar-refractivity contribution in [3.63, 3.8) is 0 Å². The van der Waals surface area contributed by atoms with E-state index in [0.29, 0.717) is 5.56 Å². The maximum absolute atomic E-state index is 12.5. The molecule has 0 atom stereocenters. The van der Waals surface area contributed by atoms with Crippen molar-refractivity contribution in [2.24, 2.45) is 0 Å². The molecule has 0 aliphatic carbocycles. The number of halogens is 3. The van der Waals surface area contributed by atoms with E-state index in [9.17, 15) is 8.78 Å². The van der Waals surface area contributed by atoms with Gasteiger partial charge < -0.3 is 0 Å². The molecule has 2 rings (SSSR count). The zero-order valence-corrected chi connectivity index (χ0v) is 11.0. The van der Waals surface area contributed by atoms with Crippen molar-refractivity contribution in [3.05, 3.63) is 83.4 Å². The molecule has 0 spiro atoms. The molecule has 0 unspecified atom stereocenters. The van der Waals surface area contributed by atoms with Crippen LogP contribution in [0.2, 0.25) is 5.02 Å². The summed E-state index contributed by atoms with van der Waals surface area (Å²) in [5.41, 5.74) is 1.31. The van der Waals surface area contributed by atoms with Crippen molar-refractivity contribution < 1.29 is 8.78 Å². The average molecular weight is 279 g/mol. The monoisotopic (exact) mass is 278 g/mol. The van der Waals surface area contributed by atoms with Gasteiger partial charge >= 0.3 is 0 Å². The Labute approximate surface area is 116 Å². The van der Waals surface area contributed by atoms with Gasteiger partial charge in [-0.1, -0.05) is 55.1 Å². The lowest BCUT2D eigenvalue weighted by Crippen LogP contribution is -1.82. The van der Waals surface area contributed by atoms with Gasteiger partial charge in [-0.3, -0.25) is 0 Å². The Kier molecular flexibility index (Phi) is 5.97. The first kappa shape index (κ1) is 15.1. The second-order valence-corrected chi connectivity index (χ2v) is 4.00. The van der Waals surface area contributed by atoms with E-state index in [1.54, 1.807) is 6.08 Å². The predicted octanol–water partition coefficient (Wildman–Crippen LogP) is 5.59. The molecule has 98 valence electrons. The van der Waals surface area contributed by atoms with Crippen LogP contribution in [0.3, 0.4) is 0 Å². The summed E-state index contributed by atoms with van der Waals surface area (Å²) < 4.78 is 24.7. The van der Waals surface area contributed by atoms with Crippen molar-refractivity contribution in [2.45, 2.75) is 0 Å². The first-order chi connectivity index (χ1) is 9.08. The summed E-state index contributed by atoms with van der Waals surface area (Å²) in [4.78, 5) is 0. The molecule has 0 fully saturated rings. The van der Waals surface area contributed by atoms with E-state index in [2.05, 4.69) is 13.2 Å². The normalized spacial score (nSPS) is 9.21. The molecule has 0 aliphatic heterocycles. The Balaban J connectivity index is 0.000000191. The minimum Gasteiger partial charge on any atom is -0.207 e. The highest BCUT2D eigenvalue weighted by Gasteiger charge is 1.97. The van der Waals surface area contributed by atoms with E-state index in [1.807, 2.05) is 24.3 Å². The molecule has 19 heavy (non-hydrogen) atoms. The molecule has 3 heteroatoms. The van der Waals surface area contributed by atoms with E-state index < -0.39 is 11.6 Å². The minimum absolute atomic E-state index is 0.321. The number of rotatable bonds is 2. The third-order valence-electron chi connectivity index (χ3n) is 2.31. The first-order valence-electron chi connectivity index (χ1n) is 5.53. The topological polar surface area (TPSA) is 0 Å². The summed E-state index contributed by atoms with van der Waals surface area (Å²) in [6.07, 6.45) is 3.08. The third-order valence-corrected chi connectivity index (χ3v) is 2.65. The smallest absolute Gasteiger partial charge is 0.133 e. The molecule has 2 aromatic rings. The van der Waals surface area contributed by atoms with Crippen molar-refractivity contribution in [1.29, 1.82) is 0 Å². The molecule has 0 amide bonds. The third kappa shape index (κ3) is 4.68. The largest absolute Gasteiger partial charge is 0.207 e. The molecule has 2 aromatic carbocycles. The Hall–Kier alpha value is -1.93. The van der Waals surface area contributed by atoms with Gasteiger partial charge in [-0.2, -0.15) is 0 Å². The highest BCUT2D eigenvalue weighted by Crippen LogP contribution is 2.14. The van der Waals surface area contributed by atoms with E-state index in [1.165, 1.54) is 18.2 Å². The second kappa shape index (κ2) is 7.49. The molecule has 0 saturated heterocycles. The van der Waals surface area contributed by atoms with Crippen LogP contribution >= 0.6 is 11.6 Å². The van der Waals surface area contributed by atoms with Crippen LogP contribution in [0.1, 0.15) is 11.1 Å². The lowest BCUT2D eigenvalue weighted by Gasteiger charge is -1.93.